The molecule has 136 valence electrons. The lowest BCUT2D eigenvalue weighted by atomic mass is 10.1. The van der Waals surface area contributed by atoms with Crippen molar-refractivity contribution in [1.29, 1.82) is 0 Å². The summed E-state index contributed by atoms with van der Waals surface area (Å²) in [5, 5.41) is 13.6. The van der Waals surface area contributed by atoms with Gasteiger partial charge in [-0.25, -0.2) is 9.78 Å². The zero-order chi connectivity index (χ0) is 18.8. The van der Waals surface area contributed by atoms with Crippen molar-refractivity contribution in [2.75, 3.05) is 11.4 Å². The Bertz CT molecular complexity index is 877. The molecule has 2 aromatic rings. The van der Waals surface area contributed by atoms with Gasteiger partial charge in [0.25, 0.3) is 0 Å². The molecule has 0 saturated carbocycles. The maximum absolute atomic E-state index is 12.4. The minimum atomic E-state index is -1.09. The average Bonchev–Trinajstić information content (AvgIpc) is 3.22. The molecule has 1 atom stereocenters. The number of hydrogen-bond acceptors (Lipinski definition) is 5. The predicted octanol–water partition coefficient (Wildman–Crippen LogP) is 2.13. The second-order valence-electron chi connectivity index (χ2n) is 6.27. The SMILES string of the molecule is Cc1cccc(N2CC(C(=O)NCc3nc(C(=O)O)cs3)CC2=O)c1C. The molecule has 0 spiro atoms. The monoisotopic (exact) mass is 373 g/mol. The van der Waals surface area contributed by atoms with Crippen molar-refractivity contribution in [2.45, 2.75) is 26.8 Å². The van der Waals surface area contributed by atoms with Crippen molar-refractivity contribution in [1.82, 2.24) is 10.3 Å². The topological polar surface area (TPSA) is 99.6 Å². The molecule has 1 fully saturated rings. The van der Waals surface area contributed by atoms with Gasteiger partial charge in [-0.3, -0.25) is 9.59 Å². The summed E-state index contributed by atoms with van der Waals surface area (Å²) in [7, 11) is 0. The maximum Gasteiger partial charge on any atom is 0.355 e. The van der Waals surface area contributed by atoms with E-state index in [-0.39, 0.29) is 30.5 Å². The highest BCUT2D eigenvalue weighted by atomic mass is 32.1. The number of thiazole rings is 1. The number of aromatic nitrogens is 1. The predicted molar refractivity (Wildman–Crippen MR) is 97.3 cm³/mol. The molecule has 0 aliphatic carbocycles. The van der Waals surface area contributed by atoms with Crippen molar-refractivity contribution >= 4 is 34.8 Å². The molecule has 0 radical (unpaired) electrons. The van der Waals surface area contributed by atoms with E-state index in [1.54, 1.807) is 4.90 Å². The number of nitrogens with zero attached hydrogens (tertiary/aromatic N) is 2. The van der Waals surface area contributed by atoms with Crippen LogP contribution in [-0.2, 0) is 16.1 Å². The Hall–Kier alpha value is -2.74. The van der Waals surface area contributed by atoms with Crippen LogP contribution in [0.2, 0.25) is 0 Å². The summed E-state index contributed by atoms with van der Waals surface area (Å²) < 4.78 is 0. The van der Waals surface area contributed by atoms with E-state index in [1.807, 2.05) is 32.0 Å². The highest BCUT2D eigenvalue weighted by Crippen LogP contribution is 2.29. The molecule has 1 unspecified atom stereocenters. The van der Waals surface area contributed by atoms with Crippen molar-refractivity contribution in [3.63, 3.8) is 0 Å². The fraction of sp³-hybridized carbons (Fsp3) is 0.333. The molecule has 1 saturated heterocycles. The lowest BCUT2D eigenvalue weighted by molar-refractivity contribution is -0.126. The molecular weight excluding hydrogens is 354 g/mol. The van der Waals surface area contributed by atoms with E-state index < -0.39 is 11.9 Å². The molecular formula is C18H19N3O4S. The Morgan fingerprint density at radius 2 is 2.15 bits per heavy atom. The van der Waals surface area contributed by atoms with Gasteiger partial charge in [-0.1, -0.05) is 12.1 Å². The van der Waals surface area contributed by atoms with E-state index in [1.165, 1.54) is 16.7 Å². The summed E-state index contributed by atoms with van der Waals surface area (Å²) in [5.41, 5.74) is 2.94. The van der Waals surface area contributed by atoms with Crippen LogP contribution in [0.25, 0.3) is 0 Å². The van der Waals surface area contributed by atoms with E-state index in [9.17, 15) is 14.4 Å². The van der Waals surface area contributed by atoms with Gasteiger partial charge < -0.3 is 15.3 Å². The van der Waals surface area contributed by atoms with Crippen LogP contribution in [0.1, 0.15) is 33.0 Å². The molecule has 26 heavy (non-hydrogen) atoms. The van der Waals surface area contributed by atoms with Crippen LogP contribution in [0.5, 0.6) is 0 Å². The second-order valence-corrected chi connectivity index (χ2v) is 7.22. The van der Waals surface area contributed by atoms with Gasteiger partial charge in [-0.2, -0.15) is 0 Å². The van der Waals surface area contributed by atoms with Crippen molar-refractivity contribution < 1.29 is 19.5 Å². The number of hydrogen-bond donors (Lipinski definition) is 2. The number of amides is 2. The van der Waals surface area contributed by atoms with Gasteiger partial charge in [0.2, 0.25) is 11.8 Å². The van der Waals surface area contributed by atoms with Gasteiger partial charge in [0.1, 0.15) is 5.01 Å². The zero-order valence-corrected chi connectivity index (χ0v) is 15.3. The number of aryl methyl sites for hydroxylation is 1. The molecule has 2 amide bonds. The minimum absolute atomic E-state index is 0.0311. The Morgan fingerprint density at radius 1 is 1.38 bits per heavy atom. The lowest BCUT2D eigenvalue weighted by Gasteiger charge is -2.20. The number of rotatable bonds is 5. The Morgan fingerprint density at radius 3 is 2.85 bits per heavy atom. The van der Waals surface area contributed by atoms with Gasteiger partial charge in [-0.15, -0.1) is 11.3 Å². The molecule has 1 aliphatic heterocycles. The molecule has 1 aromatic heterocycles. The van der Waals surface area contributed by atoms with Gasteiger partial charge in [0, 0.05) is 24.0 Å². The first-order valence-corrected chi connectivity index (χ1v) is 9.06. The van der Waals surface area contributed by atoms with E-state index in [0.717, 1.165) is 16.8 Å². The van der Waals surface area contributed by atoms with E-state index in [4.69, 9.17) is 5.11 Å². The summed E-state index contributed by atoms with van der Waals surface area (Å²) in [6, 6.07) is 5.79. The summed E-state index contributed by atoms with van der Waals surface area (Å²) in [6.45, 7) is 4.45. The number of carboxylic acid groups (broad SMARTS) is 1. The third-order valence-electron chi connectivity index (χ3n) is 4.55. The quantitative estimate of drug-likeness (QED) is 0.836. The number of aromatic carboxylic acids is 1. The number of carbonyl (C=O) groups excluding carboxylic acids is 2. The Labute approximate surface area is 154 Å². The van der Waals surface area contributed by atoms with E-state index >= 15 is 0 Å². The molecule has 2 N–H and O–H groups in total. The van der Waals surface area contributed by atoms with Crippen LogP contribution in [-0.4, -0.2) is 34.4 Å². The first-order valence-electron chi connectivity index (χ1n) is 8.18. The number of benzene rings is 1. The zero-order valence-electron chi connectivity index (χ0n) is 14.5. The molecule has 3 rings (SSSR count). The molecule has 7 nitrogen and oxygen atoms in total. The fourth-order valence-corrected chi connectivity index (χ4v) is 3.65. The summed E-state index contributed by atoms with van der Waals surface area (Å²) in [4.78, 5) is 41.2. The molecule has 8 heteroatoms. The summed E-state index contributed by atoms with van der Waals surface area (Å²) in [5.74, 6) is -1.81. The largest absolute Gasteiger partial charge is 0.476 e. The molecule has 1 aromatic carbocycles. The van der Waals surface area contributed by atoms with Crippen LogP contribution in [0.15, 0.2) is 23.6 Å². The number of carboxylic acids is 1. The van der Waals surface area contributed by atoms with Crippen molar-refractivity contribution in [3.05, 3.63) is 45.4 Å². The molecule has 1 aliphatic rings. The standard InChI is InChI=1S/C18H19N3O4S/c1-10-4-3-5-14(11(10)2)21-8-12(6-16(21)22)17(23)19-7-15-20-13(9-26-15)18(24)25/h3-5,9,12H,6-8H2,1-2H3,(H,19,23)(H,24,25). The lowest BCUT2D eigenvalue weighted by Crippen LogP contribution is -2.32. The normalized spacial score (nSPS) is 16.8. The van der Waals surface area contributed by atoms with Crippen molar-refractivity contribution in [2.24, 2.45) is 5.92 Å². The minimum Gasteiger partial charge on any atom is -0.476 e. The molecule has 2 heterocycles. The third-order valence-corrected chi connectivity index (χ3v) is 5.40. The second kappa shape index (κ2) is 7.25. The third kappa shape index (κ3) is 3.60. The van der Waals surface area contributed by atoms with Gasteiger partial charge in [-0.05, 0) is 31.0 Å². The highest BCUT2D eigenvalue weighted by Gasteiger charge is 2.35. The van der Waals surface area contributed by atoms with Gasteiger partial charge in [0.15, 0.2) is 5.69 Å². The summed E-state index contributed by atoms with van der Waals surface area (Å²) >= 11 is 1.18. The summed E-state index contributed by atoms with van der Waals surface area (Å²) in [6.07, 6.45) is 0.164. The van der Waals surface area contributed by atoms with Crippen LogP contribution in [0.3, 0.4) is 0 Å². The van der Waals surface area contributed by atoms with Crippen molar-refractivity contribution in [3.8, 4) is 0 Å². The number of anilines is 1. The van der Waals surface area contributed by atoms with Crippen LogP contribution >= 0.6 is 11.3 Å². The van der Waals surface area contributed by atoms with Crippen LogP contribution in [0, 0.1) is 19.8 Å². The first kappa shape index (κ1) is 18.1. The fourth-order valence-electron chi connectivity index (χ4n) is 2.94. The Balaban J connectivity index is 1.63. The highest BCUT2D eigenvalue weighted by molar-refractivity contribution is 7.09. The smallest absolute Gasteiger partial charge is 0.355 e. The van der Waals surface area contributed by atoms with Crippen LogP contribution in [0.4, 0.5) is 5.69 Å². The number of carbonyl (C=O) groups is 3. The van der Waals surface area contributed by atoms with E-state index in [0.29, 0.717) is 11.6 Å². The molecule has 0 bridgehead atoms. The average molecular weight is 373 g/mol. The van der Waals surface area contributed by atoms with E-state index in [2.05, 4.69) is 10.3 Å². The Kier molecular flexibility index (Phi) is 5.03. The maximum atomic E-state index is 12.4. The van der Waals surface area contributed by atoms with Gasteiger partial charge >= 0.3 is 5.97 Å². The van der Waals surface area contributed by atoms with Crippen LogP contribution < -0.4 is 10.2 Å². The number of nitrogens with one attached hydrogen (secondary N) is 1. The van der Waals surface area contributed by atoms with Gasteiger partial charge in [0.05, 0.1) is 12.5 Å². The first-order chi connectivity index (χ1) is 12.4.